The predicted molar refractivity (Wildman–Crippen MR) is 105 cm³/mol. The first kappa shape index (κ1) is 19.0. The number of nitrogens with zero attached hydrogens (tertiary/aromatic N) is 3. The summed E-state index contributed by atoms with van der Waals surface area (Å²) in [6.45, 7) is 6.18. The number of hydrogen-bond donors (Lipinski definition) is 2. The standard InChI is InChI=1S/C18H21N5O3S/c1-11(2)9-23-14-15(22(3)17(26)21-16(14)25)20-18(23)27-10-13(24)19-12-7-5-4-6-8-12/h4-8,14-15H,1,9-10H2,2-3H3,(H,19,24)(H,21,25,26). The Morgan fingerprint density at radius 1 is 1.33 bits per heavy atom. The van der Waals surface area contributed by atoms with Gasteiger partial charge in [-0.05, 0) is 19.1 Å². The van der Waals surface area contributed by atoms with Gasteiger partial charge in [0, 0.05) is 19.3 Å². The van der Waals surface area contributed by atoms with Gasteiger partial charge in [0.15, 0.2) is 17.4 Å². The molecule has 1 fully saturated rings. The van der Waals surface area contributed by atoms with Crippen LogP contribution in [0.4, 0.5) is 10.5 Å². The van der Waals surface area contributed by atoms with E-state index in [4.69, 9.17) is 0 Å². The Hall–Kier alpha value is -2.81. The first-order valence-electron chi connectivity index (χ1n) is 8.41. The van der Waals surface area contributed by atoms with Crippen LogP contribution < -0.4 is 10.6 Å². The van der Waals surface area contributed by atoms with Gasteiger partial charge >= 0.3 is 6.03 Å². The molecule has 0 aromatic heterocycles. The van der Waals surface area contributed by atoms with Gasteiger partial charge in [0.1, 0.15) is 0 Å². The summed E-state index contributed by atoms with van der Waals surface area (Å²) in [6.07, 6.45) is -0.606. The maximum absolute atomic E-state index is 12.4. The van der Waals surface area contributed by atoms with Gasteiger partial charge < -0.3 is 15.1 Å². The first-order valence-corrected chi connectivity index (χ1v) is 9.39. The smallest absolute Gasteiger partial charge is 0.325 e. The number of amidine groups is 1. The second-order valence-corrected chi connectivity index (χ2v) is 7.41. The fraction of sp³-hybridized carbons (Fsp3) is 0.333. The Morgan fingerprint density at radius 2 is 2.04 bits per heavy atom. The number of carbonyl (C=O) groups excluding carboxylic acids is 3. The molecule has 2 heterocycles. The molecule has 0 bridgehead atoms. The van der Waals surface area contributed by atoms with E-state index >= 15 is 0 Å². The minimum atomic E-state index is -0.621. The van der Waals surface area contributed by atoms with E-state index in [-0.39, 0.29) is 11.7 Å². The molecule has 9 heteroatoms. The Kier molecular flexibility index (Phi) is 5.50. The number of fused-ring (bicyclic) bond motifs is 1. The molecule has 2 atom stereocenters. The summed E-state index contributed by atoms with van der Waals surface area (Å²) < 4.78 is 0. The highest BCUT2D eigenvalue weighted by Gasteiger charge is 2.48. The van der Waals surface area contributed by atoms with Gasteiger partial charge in [-0.3, -0.25) is 14.9 Å². The molecule has 8 nitrogen and oxygen atoms in total. The van der Waals surface area contributed by atoms with Crippen LogP contribution in [0.3, 0.4) is 0 Å². The first-order chi connectivity index (χ1) is 12.9. The van der Waals surface area contributed by atoms with Gasteiger partial charge in [0.2, 0.25) is 5.91 Å². The third-order valence-corrected chi connectivity index (χ3v) is 5.16. The molecule has 2 unspecified atom stereocenters. The van der Waals surface area contributed by atoms with Crippen LogP contribution in [0.1, 0.15) is 6.92 Å². The average molecular weight is 387 g/mol. The number of imide groups is 1. The largest absolute Gasteiger partial charge is 0.332 e. The lowest BCUT2D eigenvalue weighted by Crippen LogP contribution is -2.63. The van der Waals surface area contributed by atoms with E-state index in [1.165, 1.54) is 16.7 Å². The summed E-state index contributed by atoms with van der Waals surface area (Å²) in [5, 5.41) is 5.70. The monoisotopic (exact) mass is 387 g/mol. The summed E-state index contributed by atoms with van der Waals surface area (Å²) in [7, 11) is 1.59. The number of benzene rings is 1. The SMILES string of the molecule is C=C(C)CN1C(SCC(=O)Nc2ccccc2)=NC2C1C(=O)NC(=O)N2C. The fourth-order valence-electron chi connectivity index (χ4n) is 2.93. The van der Waals surface area contributed by atoms with Gasteiger partial charge in [-0.15, -0.1) is 0 Å². The number of thioether (sulfide) groups is 1. The van der Waals surface area contributed by atoms with Crippen molar-refractivity contribution in [2.45, 2.75) is 19.1 Å². The minimum Gasteiger partial charge on any atom is -0.332 e. The van der Waals surface area contributed by atoms with Crippen molar-refractivity contribution in [1.82, 2.24) is 15.1 Å². The molecule has 3 rings (SSSR count). The predicted octanol–water partition coefficient (Wildman–Crippen LogP) is 1.48. The van der Waals surface area contributed by atoms with E-state index in [0.717, 1.165) is 5.57 Å². The number of nitrogens with one attached hydrogen (secondary N) is 2. The van der Waals surface area contributed by atoms with E-state index in [0.29, 0.717) is 17.4 Å². The van der Waals surface area contributed by atoms with E-state index in [1.807, 2.05) is 37.3 Å². The van der Waals surface area contributed by atoms with Crippen LogP contribution in [0.2, 0.25) is 0 Å². The average Bonchev–Trinajstić information content (AvgIpc) is 2.97. The molecule has 0 radical (unpaired) electrons. The Balaban J connectivity index is 1.71. The lowest BCUT2D eigenvalue weighted by atomic mass is 10.1. The van der Waals surface area contributed by atoms with E-state index in [2.05, 4.69) is 22.2 Å². The highest BCUT2D eigenvalue weighted by atomic mass is 32.2. The lowest BCUT2D eigenvalue weighted by molar-refractivity contribution is -0.126. The second kappa shape index (κ2) is 7.83. The van der Waals surface area contributed by atoms with E-state index in [1.54, 1.807) is 11.9 Å². The molecule has 2 N–H and O–H groups in total. The molecule has 0 spiro atoms. The molecular weight excluding hydrogens is 366 g/mol. The maximum atomic E-state index is 12.4. The third kappa shape index (κ3) is 4.13. The number of rotatable bonds is 5. The van der Waals surface area contributed by atoms with Crippen LogP contribution in [0, 0.1) is 0 Å². The van der Waals surface area contributed by atoms with Crippen molar-refractivity contribution < 1.29 is 14.4 Å². The zero-order valence-electron chi connectivity index (χ0n) is 15.1. The molecule has 1 aromatic rings. The Labute approximate surface area is 161 Å². The molecule has 0 aliphatic carbocycles. The zero-order valence-corrected chi connectivity index (χ0v) is 16.0. The molecule has 2 aliphatic heterocycles. The van der Waals surface area contributed by atoms with Gasteiger partial charge in [-0.1, -0.05) is 42.1 Å². The molecule has 2 aliphatic rings. The minimum absolute atomic E-state index is 0.138. The van der Waals surface area contributed by atoms with E-state index < -0.39 is 24.1 Å². The molecule has 1 aromatic carbocycles. The number of amides is 4. The number of urea groups is 1. The zero-order chi connectivity index (χ0) is 19.6. The third-order valence-electron chi connectivity index (χ3n) is 4.15. The number of para-hydroxylation sites is 1. The second-order valence-electron chi connectivity index (χ2n) is 6.46. The summed E-state index contributed by atoms with van der Waals surface area (Å²) >= 11 is 1.24. The van der Waals surface area contributed by atoms with Gasteiger partial charge in [-0.2, -0.15) is 0 Å². The number of aliphatic imine (C=N–C) groups is 1. The molecule has 4 amide bonds. The molecule has 142 valence electrons. The topological polar surface area (TPSA) is 94.1 Å². The van der Waals surface area contributed by atoms with Crippen molar-refractivity contribution in [2.75, 3.05) is 24.7 Å². The quantitative estimate of drug-likeness (QED) is 0.747. The van der Waals surface area contributed by atoms with Crippen LogP contribution in [0.15, 0.2) is 47.5 Å². The van der Waals surface area contributed by atoms with Crippen molar-refractivity contribution in [3.63, 3.8) is 0 Å². The number of likely N-dealkylation sites (N-methyl/N-ethyl adjacent to an activating group) is 1. The van der Waals surface area contributed by atoms with Crippen molar-refractivity contribution >= 4 is 40.5 Å². The summed E-state index contributed by atoms with van der Waals surface area (Å²) in [5.41, 5.74) is 1.57. The molecular formula is C18H21N5O3S. The molecule has 27 heavy (non-hydrogen) atoms. The van der Waals surface area contributed by atoms with Gasteiger partial charge in [0.25, 0.3) is 5.91 Å². The Morgan fingerprint density at radius 3 is 2.70 bits per heavy atom. The van der Waals surface area contributed by atoms with Crippen LogP contribution >= 0.6 is 11.8 Å². The number of anilines is 1. The van der Waals surface area contributed by atoms with Crippen molar-refractivity contribution in [3.05, 3.63) is 42.5 Å². The fourth-order valence-corrected chi connectivity index (χ4v) is 3.79. The maximum Gasteiger partial charge on any atom is 0.325 e. The van der Waals surface area contributed by atoms with Crippen LogP contribution in [-0.4, -0.2) is 64.4 Å². The van der Waals surface area contributed by atoms with Gasteiger partial charge in [0.05, 0.1) is 5.75 Å². The van der Waals surface area contributed by atoms with Crippen molar-refractivity contribution in [1.29, 1.82) is 0 Å². The summed E-state index contributed by atoms with van der Waals surface area (Å²) in [4.78, 5) is 44.2. The number of carbonyl (C=O) groups is 3. The van der Waals surface area contributed by atoms with E-state index in [9.17, 15) is 14.4 Å². The molecule has 1 saturated heterocycles. The Bertz CT molecular complexity index is 810. The number of hydrogen-bond acceptors (Lipinski definition) is 6. The summed E-state index contributed by atoms with van der Waals surface area (Å²) in [5.74, 6) is -0.426. The normalized spacial score (nSPS) is 21.5. The van der Waals surface area contributed by atoms with Crippen LogP contribution in [0.5, 0.6) is 0 Å². The summed E-state index contributed by atoms with van der Waals surface area (Å²) in [6, 6.07) is 8.07. The highest BCUT2D eigenvalue weighted by Crippen LogP contribution is 2.29. The lowest BCUT2D eigenvalue weighted by Gasteiger charge is -2.36. The van der Waals surface area contributed by atoms with Crippen molar-refractivity contribution in [3.8, 4) is 0 Å². The van der Waals surface area contributed by atoms with Crippen LogP contribution in [-0.2, 0) is 9.59 Å². The van der Waals surface area contributed by atoms with Crippen LogP contribution in [0.25, 0.3) is 0 Å². The molecule has 0 saturated carbocycles. The highest BCUT2D eigenvalue weighted by molar-refractivity contribution is 8.14. The van der Waals surface area contributed by atoms with Crippen molar-refractivity contribution in [2.24, 2.45) is 4.99 Å². The van der Waals surface area contributed by atoms with Gasteiger partial charge in [-0.25, -0.2) is 9.79 Å².